The second-order valence-electron chi connectivity index (χ2n) is 10.3. The molecule has 0 aliphatic carbocycles. The van der Waals surface area contributed by atoms with Crippen molar-refractivity contribution in [3.63, 3.8) is 0 Å². The Labute approximate surface area is 243 Å². The molecule has 3 heterocycles. The number of aromatic hydroxyl groups is 2. The molecule has 2 aliphatic rings. The Hall–Kier alpha value is -3.51. The number of rotatable bonds is 7. The molecule has 0 amide bonds. The summed E-state index contributed by atoms with van der Waals surface area (Å²) in [7, 11) is 1.38. The van der Waals surface area contributed by atoms with Crippen LogP contribution in [0.4, 0.5) is 0 Å². The van der Waals surface area contributed by atoms with E-state index in [1.807, 2.05) is 0 Å². The maximum absolute atomic E-state index is 12.8. The number of methoxy groups -OCH3 is 1. The molecule has 0 spiro atoms. The first-order chi connectivity index (χ1) is 20.4. The minimum atomic E-state index is -1.78. The predicted octanol–water partition coefficient (Wildman–Crippen LogP) is -1.09. The maximum Gasteiger partial charge on any atom is 0.229 e. The van der Waals surface area contributed by atoms with Crippen LogP contribution in [0.25, 0.3) is 22.3 Å². The highest BCUT2D eigenvalue weighted by atomic mass is 16.7. The Morgan fingerprint density at radius 2 is 1.49 bits per heavy atom. The second kappa shape index (κ2) is 12.2. The van der Waals surface area contributed by atoms with E-state index in [9.17, 15) is 45.6 Å². The summed E-state index contributed by atoms with van der Waals surface area (Å²) in [5.41, 5.74) is -0.381. The molecule has 0 bridgehead atoms. The molecule has 15 heteroatoms. The van der Waals surface area contributed by atoms with E-state index in [1.165, 1.54) is 32.2 Å². The molecule has 2 aromatic carbocycles. The largest absolute Gasteiger partial charge is 0.507 e. The average molecular weight is 609 g/mol. The van der Waals surface area contributed by atoms with Gasteiger partial charge in [-0.2, -0.15) is 0 Å². The molecule has 15 nitrogen and oxygen atoms in total. The van der Waals surface area contributed by atoms with Gasteiger partial charge in [0.25, 0.3) is 0 Å². The number of aliphatic hydroxyl groups is 6. The molecule has 5 rings (SSSR count). The van der Waals surface area contributed by atoms with E-state index in [-0.39, 0.29) is 34.0 Å². The van der Waals surface area contributed by atoms with Gasteiger partial charge in [0, 0.05) is 23.8 Å². The first-order valence-electron chi connectivity index (χ1n) is 13.3. The monoisotopic (exact) mass is 608 g/mol. The van der Waals surface area contributed by atoms with Gasteiger partial charge in [0.15, 0.2) is 23.2 Å². The van der Waals surface area contributed by atoms with Crippen LogP contribution < -0.4 is 14.9 Å². The van der Waals surface area contributed by atoms with Gasteiger partial charge in [0.05, 0.1) is 19.8 Å². The fourth-order valence-corrected chi connectivity index (χ4v) is 4.92. The first kappa shape index (κ1) is 30.9. The van der Waals surface area contributed by atoms with E-state index < -0.39 is 79.2 Å². The van der Waals surface area contributed by atoms with Crippen LogP contribution in [-0.2, 0) is 14.2 Å². The number of hydrogen-bond donors (Lipinski definition) is 8. The van der Waals surface area contributed by atoms with Crippen LogP contribution in [0.5, 0.6) is 23.0 Å². The van der Waals surface area contributed by atoms with Gasteiger partial charge in [-0.05, 0) is 25.1 Å². The average Bonchev–Trinajstić information content (AvgIpc) is 2.97. The Morgan fingerprint density at radius 3 is 2.19 bits per heavy atom. The van der Waals surface area contributed by atoms with Gasteiger partial charge in [-0.25, -0.2) is 0 Å². The summed E-state index contributed by atoms with van der Waals surface area (Å²) in [5.74, 6) is -0.605. The maximum atomic E-state index is 12.8. The van der Waals surface area contributed by atoms with Crippen molar-refractivity contribution in [2.24, 2.45) is 0 Å². The Bertz CT molecular complexity index is 1510. The number of fused-ring (bicyclic) bond motifs is 1. The molecule has 6 unspecified atom stereocenters. The number of hydrogen-bond acceptors (Lipinski definition) is 15. The molecule has 234 valence electrons. The van der Waals surface area contributed by atoms with Crippen molar-refractivity contribution >= 4 is 11.0 Å². The topological polar surface area (TPSA) is 238 Å². The van der Waals surface area contributed by atoms with E-state index in [1.54, 1.807) is 6.07 Å². The van der Waals surface area contributed by atoms with Gasteiger partial charge in [-0.1, -0.05) is 0 Å². The lowest BCUT2D eigenvalue weighted by Crippen LogP contribution is -2.61. The fourth-order valence-electron chi connectivity index (χ4n) is 4.92. The van der Waals surface area contributed by atoms with Crippen LogP contribution >= 0.6 is 0 Å². The van der Waals surface area contributed by atoms with Crippen molar-refractivity contribution in [3.8, 4) is 34.3 Å². The lowest BCUT2D eigenvalue weighted by atomic mass is 9.98. The zero-order chi connectivity index (χ0) is 31.2. The molecule has 3 aromatic rings. The Kier molecular flexibility index (Phi) is 8.80. The summed E-state index contributed by atoms with van der Waals surface area (Å²) in [6.07, 6.45) is -15.0. The lowest BCUT2D eigenvalue weighted by Gasteiger charge is -2.42. The molecule has 2 fully saturated rings. The SMILES string of the molecule is COc1ccc(-c2cc(=O)c3c(O)cc(OC4OC(COC5O[C@H](C)[C@H](O)[C@H](O)C5O)C(O)[C@H](O)C4O)cc3o2)cc1O. The molecular weight excluding hydrogens is 576 g/mol. The van der Waals surface area contributed by atoms with Gasteiger partial charge in [0.1, 0.15) is 71.0 Å². The number of phenols is 2. The number of aliphatic hydroxyl groups excluding tert-OH is 6. The lowest BCUT2D eigenvalue weighted by molar-refractivity contribution is -0.318. The van der Waals surface area contributed by atoms with Crippen LogP contribution in [0, 0.1) is 0 Å². The molecule has 2 saturated heterocycles. The van der Waals surface area contributed by atoms with Crippen LogP contribution in [0.15, 0.2) is 45.6 Å². The number of ether oxygens (including phenoxy) is 5. The highest BCUT2D eigenvalue weighted by molar-refractivity contribution is 5.86. The smallest absolute Gasteiger partial charge is 0.229 e. The van der Waals surface area contributed by atoms with E-state index in [0.29, 0.717) is 5.56 Å². The summed E-state index contributed by atoms with van der Waals surface area (Å²) in [4.78, 5) is 12.8. The summed E-state index contributed by atoms with van der Waals surface area (Å²) in [6, 6.07) is 7.78. The van der Waals surface area contributed by atoms with Crippen LogP contribution in [0.1, 0.15) is 6.92 Å². The van der Waals surface area contributed by atoms with E-state index in [4.69, 9.17) is 28.1 Å². The zero-order valence-electron chi connectivity index (χ0n) is 22.9. The quantitative estimate of drug-likeness (QED) is 0.159. The van der Waals surface area contributed by atoms with Gasteiger partial charge >= 0.3 is 0 Å². The molecule has 8 N–H and O–H groups in total. The third-order valence-electron chi connectivity index (χ3n) is 7.40. The fraction of sp³-hybridized carbons (Fsp3) is 0.464. The highest BCUT2D eigenvalue weighted by Gasteiger charge is 2.47. The summed E-state index contributed by atoms with van der Waals surface area (Å²) in [5, 5.41) is 82.0. The van der Waals surface area contributed by atoms with Crippen molar-refractivity contribution < 1.29 is 69.0 Å². The van der Waals surface area contributed by atoms with Gasteiger partial charge in [-0.3, -0.25) is 4.79 Å². The molecule has 1 aromatic heterocycles. The van der Waals surface area contributed by atoms with Crippen molar-refractivity contribution in [2.75, 3.05) is 13.7 Å². The summed E-state index contributed by atoms with van der Waals surface area (Å²) >= 11 is 0. The number of benzene rings is 2. The Morgan fingerprint density at radius 1 is 0.791 bits per heavy atom. The molecule has 0 saturated carbocycles. The van der Waals surface area contributed by atoms with E-state index in [2.05, 4.69) is 0 Å². The van der Waals surface area contributed by atoms with E-state index in [0.717, 1.165) is 12.1 Å². The van der Waals surface area contributed by atoms with Gasteiger partial charge in [0.2, 0.25) is 6.29 Å². The second-order valence-corrected chi connectivity index (χ2v) is 10.3. The molecule has 2 aliphatic heterocycles. The Balaban J connectivity index is 1.36. The molecule has 43 heavy (non-hydrogen) atoms. The van der Waals surface area contributed by atoms with Crippen LogP contribution in [-0.4, -0.2) is 116 Å². The first-order valence-corrected chi connectivity index (χ1v) is 13.3. The summed E-state index contributed by atoms with van der Waals surface area (Å²) in [6.45, 7) is 0.953. The van der Waals surface area contributed by atoms with Crippen molar-refractivity contribution in [1.29, 1.82) is 0 Å². The standard InChI is InChI=1S/C28H32O15/c1-10-21(32)23(34)25(36)27(40-10)39-9-19-22(33)24(35)26(37)28(43-19)41-12-6-14(30)20-15(31)8-17(42-18(20)7-12)11-3-4-16(38-2)13(29)5-11/h3-8,10,19,21-30,32-37H,9H2,1-2H3/t10-,19?,21+,22?,23+,24+,25?,26?,27?,28?/m1/s1. The van der Waals surface area contributed by atoms with Crippen LogP contribution in [0.2, 0.25) is 0 Å². The van der Waals surface area contributed by atoms with E-state index >= 15 is 0 Å². The minimum absolute atomic E-state index is 0.0517. The van der Waals surface area contributed by atoms with Crippen molar-refractivity contribution in [2.45, 2.75) is 68.3 Å². The molecule has 0 radical (unpaired) electrons. The van der Waals surface area contributed by atoms with Crippen molar-refractivity contribution in [3.05, 3.63) is 46.6 Å². The van der Waals surface area contributed by atoms with Crippen molar-refractivity contribution in [1.82, 2.24) is 0 Å². The number of phenolic OH excluding ortho intramolecular Hbond substituents is 2. The zero-order valence-corrected chi connectivity index (χ0v) is 22.9. The third kappa shape index (κ3) is 5.99. The predicted molar refractivity (Wildman–Crippen MR) is 143 cm³/mol. The summed E-state index contributed by atoms with van der Waals surface area (Å²) < 4.78 is 32.9. The normalized spacial score (nSPS) is 32.9. The van der Waals surface area contributed by atoms with Gasteiger partial charge in [-0.15, -0.1) is 0 Å². The molecule has 10 atom stereocenters. The van der Waals surface area contributed by atoms with Crippen LogP contribution in [0.3, 0.4) is 0 Å². The molecular formula is C28H32O15. The van der Waals surface area contributed by atoms with Gasteiger partial charge < -0.3 is 69.0 Å². The minimum Gasteiger partial charge on any atom is -0.507 e. The highest BCUT2D eigenvalue weighted by Crippen LogP contribution is 2.35. The third-order valence-corrected chi connectivity index (χ3v) is 7.40.